The number of carboxylic acid groups (broad SMARTS) is 2. The first kappa shape index (κ1) is 22.4. The van der Waals surface area contributed by atoms with Crippen molar-refractivity contribution < 1.29 is 19.8 Å². The first-order valence-electron chi connectivity index (χ1n) is 7.09. The van der Waals surface area contributed by atoms with Crippen LogP contribution in [0.25, 0.3) is 0 Å². The van der Waals surface area contributed by atoms with Crippen molar-refractivity contribution >= 4 is 49.7 Å². The summed E-state index contributed by atoms with van der Waals surface area (Å²) in [5.41, 5.74) is 0. The van der Waals surface area contributed by atoms with Gasteiger partial charge >= 0.3 is 37.7 Å². The van der Waals surface area contributed by atoms with Crippen molar-refractivity contribution in [2.75, 3.05) is 6.54 Å². The number of unbranched alkanes of at least 4 members (excludes halogenated alkanes) is 5. The normalized spacial score (nSPS) is 13.6. The zero-order valence-electron chi connectivity index (χ0n) is 12.9. The number of hydrogen-bond donors (Lipinski definition) is 0. The van der Waals surface area contributed by atoms with E-state index in [0.717, 1.165) is 19.3 Å². The molecule has 0 heterocycles. The first-order valence-corrected chi connectivity index (χ1v) is 7.09. The van der Waals surface area contributed by atoms with Crippen LogP contribution < -0.4 is 10.2 Å². The zero-order valence-corrected chi connectivity index (χ0v) is 15.1. The van der Waals surface area contributed by atoms with Gasteiger partial charge in [-0.25, -0.2) is 0 Å². The Balaban J connectivity index is 0. The van der Waals surface area contributed by atoms with Crippen LogP contribution >= 0.6 is 0 Å². The minimum atomic E-state index is -1.25. The Hall–Kier alpha value is 0.160. The monoisotopic (exact) mass is 311 g/mol. The van der Waals surface area contributed by atoms with Gasteiger partial charge in [0, 0.05) is 12.1 Å². The third-order valence-electron chi connectivity index (χ3n) is 3.45. The number of rotatable bonds is 11. The first-order chi connectivity index (χ1) is 8.91. The molecule has 0 radical (unpaired) electrons. The summed E-state index contributed by atoms with van der Waals surface area (Å²) >= 11 is 0. The summed E-state index contributed by atoms with van der Waals surface area (Å²) in [5, 5.41) is 21.8. The van der Waals surface area contributed by atoms with E-state index in [1.165, 1.54) is 38.0 Å². The molecule has 0 aromatic heterocycles. The van der Waals surface area contributed by atoms with Crippen LogP contribution in [-0.2, 0) is 9.59 Å². The molecule has 0 aliphatic carbocycles. The summed E-state index contributed by atoms with van der Waals surface area (Å²) in [6.07, 6.45) is 6.42. The fourth-order valence-electron chi connectivity index (χ4n) is 2.07. The minimum Gasteiger partial charge on any atom is -0.548 e. The van der Waals surface area contributed by atoms with Crippen LogP contribution in [0, 0.1) is 0 Å². The molecule has 0 fully saturated rings. The van der Waals surface area contributed by atoms with Crippen LogP contribution in [0.3, 0.4) is 0 Å². The van der Waals surface area contributed by atoms with Crippen molar-refractivity contribution in [3.63, 3.8) is 0 Å². The third-order valence-corrected chi connectivity index (χ3v) is 3.45. The van der Waals surface area contributed by atoms with E-state index in [0.29, 0.717) is 6.54 Å². The van der Waals surface area contributed by atoms with E-state index >= 15 is 0 Å². The maximum Gasteiger partial charge on any atom is 2.00 e. The molecule has 0 aliphatic heterocycles. The topological polar surface area (TPSA) is 83.5 Å². The Morgan fingerprint density at radius 2 is 1.30 bits per heavy atom. The van der Waals surface area contributed by atoms with Crippen LogP contribution in [0.15, 0.2) is 0 Å². The number of nitrogens with zero attached hydrogens (tertiary/aromatic N) is 1. The van der Waals surface area contributed by atoms with Gasteiger partial charge in [-0.2, -0.15) is 0 Å². The summed E-state index contributed by atoms with van der Waals surface area (Å²) in [4.78, 5) is 23.2. The Morgan fingerprint density at radius 1 is 0.900 bits per heavy atom. The molecule has 2 atom stereocenters. The van der Waals surface area contributed by atoms with Gasteiger partial charge in [0.1, 0.15) is 0 Å². The molecule has 0 aromatic carbocycles. The van der Waals surface area contributed by atoms with Crippen LogP contribution in [0.4, 0.5) is 0 Å². The minimum absolute atomic E-state index is 0. The summed E-state index contributed by atoms with van der Waals surface area (Å²) in [6.45, 7) is 5.49. The standard InChI is InChI=1S/C14H27NO4.Ca/c1-4-5-6-7-8-9-10-15(11(2)13(16)17)12(3)14(18)19;/h11-12H,4-10H2,1-3H3,(H,16,17)(H,18,19);/q;+2/p-2. The fraction of sp³-hybridized carbons (Fsp3) is 0.857. The fourth-order valence-corrected chi connectivity index (χ4v) is 2.07. The smallest absolute Gasteiger partial charge is 0.548 e. The molecular formula is C14H25CaNO4. The average Bonchev–Trinajstić information content (AvgIpc) is 2.36. The van der Waals surface area contributed by atoms with E-state index in [1.807, 2.05) is 0 Å². The molecule has 0 saturated heterocycles. The predicted octanol–water partition coefficient (Wildman–Crippen LogP) is -0.455. The molecule has 0 spiro atoms. The summed E-state index contributed by atoms with van der Waals surface area (Å²) in [7, 11) is 0. The summed E-state index contributed by atoms with van der Waals surface area (Å²) < 4.78 is 0. The Labute approximate surface area is 151 Å². The number of aliphatic carboxylic acids is 2. The third kappa shape index (κ3) is 9.16. The number of carboxylic acids is 2. The van der Waals surface area contributed by atoms with Crippen molar-refractivity contribution in [2.24, 2.45) is 0 Å². The van der Waals surface area contributed by atoms with E-state index in [2.05, 4.69) is 6.92 Å². The van der Waals surface area contributed by atoms with Crippen LogP contribution in [0.1, 0.15) is 59.3 Å². The van der Waals surface area contributed by atoms with Gasteiger partial charge in [0.05, 0.1) is 11.9 Å². The average molecular weight is 311 g/mol. The molecule has 0 aliphatic rings. The van der Waals surface area contributed by atoms with Crippen LogP contribution in [0.5, 0.6) is 0 Å². The van der Waals surface area contributed by atoms with Crippen molar-refractivity contribution in [1.29, 1.82) is 0 Å². The number of carbonyl (C=O) groups is 2. The van der Waals surface area contributed by atoms with Gasteiger partial charge in [0.25, 0.3) is 0 Å². The number of hydrogen-bond acceptors (Lipinski definition) is 5. The summed E-state index contributed by atoms with van der Waals surface area (Å²) in [6, 6.07) is -1.83. The van der Waals surface area contributed by atoms with Crippen LogP contribution in [0.2, 0.25) is 0 Å². The molecule has 0 bridgehead atoms. The van der Waals surface area contributed by atoms with Gasteiger partial charge in [-0.15, -0.1) is 0 Å². The largest absolute Gasteiger partial charge is 2.00 e. The molecule has 112 valence electrons. The molecule has 0 amide bonds. The summed E-state index contributed by atoms with van der Waals surface area (Å²) in [5.74, 6) is -2.50. The van der Waals surface area contributed by atoms with E-state index in [9.17, 15) is 19.8 Å². The molecule has 5 nitrogen and oxygen atoms in total. The maximum atomic E-state index is 10.9. The van der Waals surface area contributed by atoms with Gasteiger partial charge in [-0.1, -0.05) is 39.0 Å². The van der Waals surface area contributed by atoms with Crippen LogP contribution in [-0.4, -0.2) is 73.2 Å². The predicted molar refractivity (Wildman–Crippen MR) is 74.8 cm³/mol. The number of carbonyl (C=O) groups excluding carboxylic acids is 2. The van der Waals surface area contributed by atoms with Gasteiger partial charge in [-0.3, -0.25) is 4.90 Å². The van der Waals surface area contributed by atoms with Crippen molar-refractivity contribution in [3.05, 3.63) is 0 Å². The van der Waals surface area contributed by atoms with Crippen molar-refractivity contribution in [3.8, 4) is 0 Å². The van der Waals surface area contributed by atoms with Gasteiger partial charge in [-0.05, 0) is 26.8 Å². The van der Waals surface area contributed by atoms with Gasteiger partial charge in [0.15, 0.2) is 0 Å². The molecule has 0 rings (SSSR count). The van der Waals surface area contributed by atoms with E-state index in [-0.39, 0.29) is 37.7 Å². The molecule has 0 saturated carbocycles. The Bertz CT molecular complexity index is 266. The van der Waals surface area contributed by atoms with Crippen molar-refractivity contribution in [2.45, 2.75) is 71.4 Å². The SMILES string of the molecule is CCCCCCCCN(C(C)C(=O)[O-])C(C)C(=O)[O-].[Ca+2]. The molecule has 6 heteroatoms. The van der Waals surface area contributed by atoms with Crippen molar-refractivity contribution in [1.82, 2.24) is 4.90 Å². The molecule has 0 aromatic rings. The van der Waals surface area contributed by atoms with E-state index < -0.39 is 24.0 Å². The molecule has 2 unspecified atom stereocenters. The van der Waals surface area contributed by atoms with Gasteiger partial charge in [0.2, 0.25) is 0 Å². The molecular weight excluding hydrogens is 286 g/mol. The van der Waals surface area contributed by atoms with Gasteiger partial charge < -0.3 is 19.8 Å². The Kier molecular flexibility index (Phi) is 14.4. The maximum absolute atomic E-state index is 10.9. The molecule has 20 heavy (non-hydrogen) atoms. The van der Waals surface area contributed by atoms with E-state index in [1.54, 1.807) is 0 Å². The Morgan fingerprint density at radius 3 is 1.70 bits per heavy atom. The molecule has 0 N–H and O–H groups in total. The quantitative estimate of drug-likeness (QED) is 0.381. The second-order valence-corrected chi connectivity index (χ2v) is 5.00. The second kappa shape index (κ2) is 12.9. The van der Waals surface area contributed by atoms with E-state index in [4.69, 9.17) is 0 Å². The second-order valence-electron chi connectivity index (χ2n) is 5.00. The zero-order chi connectivity index (χ0) is 14.8.